The molecule has 2 aliphatic heterocycles. The molecule has 2 saturated heterocycles. The van der Waals surface area contributed by atoms with Crippen molar-refractivity contribution in [1.82, 2.24) is 9.80 Å². The van der Waals surface area contributed by atoms with Gasteiger partial charge in [-0.2, -0.15) is 0 Å². The second-order valence-electron chi connectivity index (χ2n) is 4.79. The van der Waals surface area contributed by atoms with Crippen LogP contribution in [0.25, 0.3) is 0 Å². The van der Waals surface area contributed by atoms with Gasteiger partial charge in [0.25, 0.3) is 0 Å². The van der Waals surface area contributed by atoms with Crippen LogP contribution in [0.5, 0.6) is 0 Å². The molecule has 0 unspecified atom stereocenters. The number of hydrogen-bond acceptors (Lipinski definition) is 2. The van der Waals surface area contributed by atoms with Crippen LogP contribution in [0.15, 0.2) is 0 Å². The van der Waals surface area contributed by atoms with Gasteiger partial charge in [0.15, 0.2) is 0 Å². The zero-order chi connectivity index (χ0) is 8.72. The van der Waals surface area contributed by atoms with Crippen molar-refractivity contribution in [2.75, 3.05) is 33.2 Å². The van der Waals surface area contributed by atoms with E-state index in [0.717, 1.165) is 17.9 Å². The van der Waals surface area contributed by atoms with Gasteiger partial charge in [0.2, 0.25) is 0 Å². The SMILES string of the molecule is CC(C)N1C[C@H]2CN(C)C[C@H]2C1. The Hall–Kier alpha value is -0.0800. The van der Waals surface area contributed by atoms with E-state index >= 15 is 0 Å². The van der Waals surface area contributed by atoms with Crippen LogP contribution < -0.4 is 0 Å². The minimum absolute atomic E-state index is 0.751. The van der Waals surface area contributed by atoms with Gasteiger partial charge < -0.3 is 9.80 Å². The summed E-state index contributed by atoms with van der Waals surface area (Å²) in [6, 6.07) is 0.751. The molecule has 0 amide bonds. The zero-order valence-electron chi connectivity index (χ0n) is 8.45. The first-order valence-corrected chi connectivity index (χ1v) is 5.09. The minimum Gasteiger partial charge on any atom is -0.306 e. The van der Waals surface area contributed by atoms with Crippen molar-refractivity contribution in [3.63, 3.8) is 0 Å². The highest BCUT2D eigenvalue weighted by Crippen LogP contribution is 2.30. The van der Waals surface area contributed by atoms with Gasteiger partial charge in [0.1, 0.15) is 0 Å². The lowest BCUT2D eigenvalue weighted by molar-refractivity contribution is 0.235. The predicted molar refractivity (Wildman–Crippen MR) is 51.2 cm³/mol. The molecule has 2 heterocycles. The van der Waals surface area contributed by atoms with Gasteiger partial charge in [-0.1, -0.05) is 0 Å². The first kappa shape index (κ1) is 8.52. The molecule has 0 aliphatic carbocycles. The van der Waals surface area contributed by atoms with E-state index in [1.54, 1.807) is 0 Å². The smallest absolute Gasteiger partial charge is 0.00388 e. The Labute approximate surface area is 75.5 Å². The molecule has 12 heavy (non-hydrogen) atoms. The van der Waals surface area contributed by atoms with Crippen molar-refractivity contribution in [2.45, 2.75) is 19.9 Å². The van der Waals surface area contributed by atoms with Crippen LogP contribution in [0.3, 0.4) is 0 Å². The molecule has 0 aromatic rings. The number of fused-ring (bicyclic) bond motifs is 1. The fraction of sp³-hybridized carbons (Fsp3) is 1.00. The Morgan fingerprint density at radius 3 is 1.92 bits per heavy atom. The van der Waals surface area contributed by atoms with Crippen LogP contribution in [0, 0.1) is 11.8 Å². The summed E-state index contributed by atoms with van der Waals surface area (Å²) in [5, 5.41) is 0. The van der Waals surface area contributed by atoms with E-state index in [2.05, 4.69) is 30.7 Å². The molecule has 0 spiro atoms. The fourth-order valence-corrected chi connectivity index (χ4v) is 2.69. The monoisotopic (exact) mass is 168 g/mol. The summed E-state index contributed by atoms with van der Waals surface area (Å²) in [5.74, 6) is 1.94. The van der Waals surface area contributed by atoms with E-state index < -0.39 is 0 Å². The summed E-state index contributed by atoms with van der Waals surface area (Å²) in [6.45, 7) is 9.96. The Morgan fingerprint density at radius 1 is 1.00 bits per heavy atom. The molecule has 0 radical (unpaired) electrons. The lowest BCUT2D eigenvalue weighted by Crippen LogP contribution is -2.32. The highest BCUT2D eigenvalue weighted by Gasteiger charge is 2.38. The lowest BCUT2D eigenvalue weighted by atomic mass is 10.0. The number of hydrogen-bond donors (Lipinski definition) is 0. The maximum Gasteiger partial charge on any atom is 0.00388 e. The second kappa shape index (κ2) is 3.00. The van der Waals surface area contributed by atoms with Gasteiger partial charge in [-0.25, -0.2) is 0 Å². The van der Waals surface area contributed by atoms with Crippen LogP contribution in [0.2, 0.25) is 0 Å². The third-order valence-corrected chi connectivity index (χ3v) is 3.43. The number of rotatable bonds is 1. The quantitative estimate of drug-likeness (QED) is 0.573. The zero-order valence-corrected chi connectivity index (χ0v) is 8.45. The van der Waals surface area contributed by atoms with Gasteiger partial charge in [0, 0.05) is 32.2 Å². The first-order valence-electron chi connectivity index (χ1n) is 5.09. The van der Waals surface area contributed by atoms with Crippen molar-refractivity contribution in [3.05, 3.63) is 0 Å². The molecule has 2 rings (SSSR count). The molecule has 70 valence electrons. The molecule has 2 atom stereocenters. The maximum absolute atomic E-state index is 2.63. The molecular weight excluding hydrogens is 148 g/mol. The van der Waals surface area contributed by atoms with Crippen LogP contribution in [-0.4, -0.2) is 49.1 Å². The molecule has 0 bridgehead atoms. The molecule has 0 aromatic carbocycles. The van der Waals surface area contributed by atoms with Crippen molar-refractivity contribution >= 4 is 0 Å². The third-order valence-electron chi connectivity index (χ3n) is 3.43. The topological polar surface area (TPSA) is 6.48 Å². The van der Waals surface area contributed by atoms with Gasteiger partial charge in [0.05, 0.1) is 0 Å². The minimum atomic E-state index is 0.751. The molecule has 2 nitrogen and oxygen atoms in total. The average Bonchev–Trinajstić information content (AvgIpc) is 2.42. The second-order valence-corrected chi connectivity index (χ2v) is 4.79. The van der Waals surface area contributed by atoms with E-state index in [9.17, 15) is 0 Å². The van der Waals surface area contributed by atoms with Crippen molar-refractivity contribution < 1.29 is 0 Å². The van der Waals surface area contributed by atoms with Crippen LogP contribution in [-0.2, 0) is 0 Å². The molecule has 2 aliphatic rings. The van der Waals surface area contributed by atoms with E-state index in [1.165, 1.54) is 26.2 Å². The van der Waals surface area contributed by atoms with Crippen molar-refractivity contribution in [3.8, 4) is 0 Å². The number of likely N-dealkylation sites (tertiary alicyclic amines) is 2. The molecule has 2 fully saturated rings. The summed E-state index contributed by atoms with van der Waals surface area (Å²) in [6.07, 6.45) is 0. The van der Waals surface area contributed by atoms with E-state index in [0.29, 0.717) is 0 Å². The third kappa shape index (κ3) is 1.38. The fourth-order valence-electron chi connectivity index (χ4n) is 2.69. The Balaban J connectivity index is 1.93. The van der Waals surface area contributed by atoms with Crippen LogP contribution in [0.4, 0.5) is 0 Å². The van der Waals surface area contributed by atoms with Crippen LogP contribution in [0.1, 0.15) is 13.8 Å². The Bertz CT molecular complexity index is 153. The summed E-state index contributed by atoms with van der Waals surface area (Å²) in [7, 11) is 2.25. The van der Waals surface area contributed by atoms with Gasteiger partial charge in [-0.3, -0.25) is 0 Å². The highest BCUT2D eigenvalue weighted by molar-refractivity contribution is 4.92. The largest absolute Gasteiger partial charge is 0.306 e. The number of nitrogens with zero attached hydrogens (tertiary/aromatic N) is 2. The van der Waals surface area contributed by atoms with Gasteiger partial charge >= 0.3 is 0 Å². The van der Waals surface area contributed by atoms with Gasteiger partial charge in [-0.15, -0.1) is 0 Å². The van der Waals surface area contributed by atoms with E-state index in [4.69, 9.17) is 0 Å². The molecular formula is C10H20N2. The molecule has 0 N–H and O–H groups in total. The average molecular weight is 168 g/mol. The van der Waals surface area contributed by atoms with Crippen LogP contribution >= 0.6 is 0 Å². The standard InChI is InChI=1S/C10H20N2/c1-8(2)12-6-9-4-11(3)5-10(9)7-12/h8-10H,4-7H2,1-3H3/t9-,10+. The summed E-state index contributed by atoms with van der Waals surface area (Å²) in [5.41, 5.74) is 0. The molecule has 2 heteroatoms. The highest BCUT2D eigenvalue weighted by atomic mass is 15.2. The van der Waals surface area contributed by atoms with Gasteiger partial charge in [-0.05, 0) is 32.7 Å². The lowest BCUT2D eigenvalue weighted by Gasteiger charge is -2.22. The Kier molecular flexibility index (Phi) is 2.13. The van der Waals surface area contributed by atoms with E-state index in [-0.39, 0.29) is 0 Å². The van der Waals surface area contributed by atoms with Crippen molar-refractivity contribution in [2.24, 2.45) is 11.8 Å². The Morgan fingerprint density at radius 2 is 1.50 bits per heavy atom. The maximum atomic E-state index is 2.63. The first-order chi connectivity index (χ1) is 5.66. The van der Waals surface area contributed by atoms with E-state index in [1.807, 2.05) is 0 Å². The summed E-state index contributed by atoms with van der Waals surface area (Å²) in [4.78, 5) is 5.11. The normalized spacial score (nSPS) is 38.0. The molecule has 0 aromatic heterocycles. The summed E-state index contributed by atoms with van der Waals surface area (Å²) >= 11 is 0. The molecule has 0 saturated carbocycles. The summed E-state index contributed by atoms with van der Waals surface area (Å²) < 4.78 is 0. The predicted octanol–water partition coefficient (Wildman–Crippen LogP) is 0.888. The van der Waals surface area contributed by atoms with Crippen molar-refractivity contribution in [1.29, 1.82) is 0 Å².